The quantitative estimate of drug-likeness (QED) is 0.566. The number of hydrogen-bond donors (Lipinski definition) is 2. The summed E-state index contributed by atoms with van der Waals surface area (Å²) in [6.45, 7) is 6.61. The second-order valence-electron chi connectivity index (χ2n) is 3.44. The molecule has 0 aromatic carbocycles. The highest BCUT2D eigenvalue weighted by molar-refractivity contribution is 5.75. The molecule has 88 valence electrons. The Bertz CT molecular complexity index is 336. The second kappa shape index (κ2) is 5.95. The van der Waals surface area contributed by atoms with Crippen LogP contribution in [0.4, 0.5) is 5.82 Å². The van der Waals surface area contributed by atoms with Crippen LogP contribution in [0.15, 0.2) is 23.3 Å². The van der Waals surface area contributed by atoms with Crippen molar-refractivity contribution in [3.63, 3.8) is 0 Å². The number of rotatable bonds is 5. The van der Waals surface area contributed by atoms with E-state index in [1.165, 1.54) is 0 Å². The molecular formula is C11H19N5. The van der Waals surface area contributed by atoms with Gasteiger partial charge in [0, 0.05) is 19.3 Å². The molecule has 0 saturated heterocycles. The fourth-order valence-electron chi connectivity index (χ4n) is 1.43. The maximum absolute atomic E-state index is 5.26. The lowest BCUT2D eigenvalue weighted by molar-refractivity contribution is 0.843. The van der Waals surface area contributed by atoms with Gasteiger partial charge >= 0.3 is 0 Å². The first-order valence-electron chi connectivity index (χ1n) is 5.42. The van der Waals surface area contributed by atoms with Crippen LogP contribution < -0.4 is 16.4 Å². The molecule has 0 atom stereocenters. The summed E-state index contributed by atoms with van der Waals surface area (Å²) in [5.74, 6) is 1.09. The minimum absolute atomic E-state index is 0.104. The molecule has 0 bridgehead atoms. The largest absolute Gasteiger partial charge is 0.370 e. The van der Waals surface area contributed by atoms with Gasteiger partial charge in [-0.3, -0.25) is 0 Å². The lowest BCUT2D eigenvalue weighted by Gasteiger charge is -2.19. The van der Waals surface area contributed by atoms with Crippen LogP contribution in [0.25, 0.3) is 0 Å². The van der Waals surface area contributed by atoms with Crippen LogP contribution in [-0.2, 0) is 6.54 Å². The Kier molecular flexibility index (Phi) is 4.57. The molecule has 0 radical (unpaired) electrons. The van der Waals surface area contributed by atoms with Gasteiger partial charge in [-0.25, -0.2) is 9.98 Å². The van der Waals surface area contributed by atoms with E-state index < -0.39 is 0 Å². The summed E-state index contributed by atoms with van der Waals surface area (Å²) in [6.07, 6.45) is 1.81. The van der Waals surface area contributed by atoms with E-state index in [-0.39, 0.29) is 5.96 Å². The summed E-state index contributed by atoms with van der Waals surface area (Å²) in [5.41, 5.74) is 11.5. The molecule has 1 aromatic heterocycles. The summed E-state index contributed by atoms with van der Waals surface area (Å²) < 4.78 is 0. The standard InChI is InChI=1S/C11H19N5/c1-3-16(4-2)10-6-5-9(7-14-10)8-15-11(12)13/h5-7H,3-4,8H2,1-2H3,(H4,12,13,15). The van der Waals surface area contributed by atoms with Crippen LogP contribution in [0.3, 0.4) is 0 Å². The minimum atomic E-state index is 0.104. The van der Waals surface area contributed by atoms with E-state index in [1.807, 2.05) is 12.1 Å². The zero-order valence-electron chi connectivity index (χ0n) is 9.85. The van der Waals surface area contributed by atoms with Crippen molar-refractivity contribution < 1.29 is 0 Å². The van der Waals surface area contributed by atoms with Gasteiger partial charge in [0.1, 0.15) is 5.82 Å². The topological polar surface area (TPSA) is 80.5 Å². The van der Waals surface area contributed by atoms with E-state index in [1.54, 1.807) is 6.20 Å². The Hall–Kier alpha value is -1.78. The number of anilines is 1. The third-order valence-electron chi connectivity index (χ3n) is 2.34. The van der Waals surface area contributed by atoms with E-state index in [0.29, 0.717) is 6.54 Å². The maximum Gasteiger partial charge on any atom is 0.186 e. The van der Waals surface area contributed by atoms with Crippen LogP contribution in [0.5, 0.6) is 0 Å². The number of hydrogen-bond acceptors (Lipinski definition) is 3. The number of aromatic nitrogens is 1. The van der Waals surface area contributed by atoms with E-state index in [2.05, 4.69) is 28.7 Å². The fourth-order valence-corrected chi connectivity index (χ4v) is 1.43. The smallest absolute Gasteiger partial charge is 0.186 e. The Morgan fingerprint density at radius 1 is 1.31 bits per heavy atom. The molecule has 1 rings (SSSR count). The van der Waals surface area contributed by atoms with E-state index in [0.717, 1.165) is 24.5 Å². The molecule has 0 aliphatic rings. The maximum atomic E-state index is 5.26. The monoisotopic (exact) mass is 221 g/mol. The van der Waals surface area contributed by atoms with Crippen LogP contribution >= 0.6 is 0 Å². The predicted molar refractivity (Wildman–Crippen MR) is 67.3 cm³/mol. The number of aliphatic imine (C=N–C) groups is 1. The molecule has 16 heavy (non-hydrogen) atoms. The molecule has 0 aliphatic heterocycles. The molecule has 4 N–H and O–H groups in total. The van der Waals surface area contributed by atoms with Gasteiger partial charge in [0.05, 0.1) is 6.54 Å². The highest BCUT2D eigenvalue weighted by Gasteiger charge is 2.02. The summed E-state index contributed by atoms with van der Waals surface area (Å²) in [6, 6.07) is 3.98. The molecule has 0 fully saturated rings. The molecule has 5 nitrogen and oxygen atoms in total. The number of pyridine rings is 1. The van der Waals surface area contributed by atoms with E-state index in [9.17, 15) is 0 Å². The zero-order valence-corrected chi connectivity index (χ0v) is 9.85. The molecule has 5 heteroatoms. The molecule has 1 heterocycles. The van der Waals surface area contributed by atoms with Gasteiger partial charge in [-0.1, -0.05) is 6.07 Å². The minimum Gasteiger partial charge on any atom is -0.370 e. The molecule has 0 amide bonds. The summed E-state index contributed by atoms with van der Waals surface area (Å²) >= 11 is 0. The van der Waals surface area contributed by atoms with Gasteiger partial charge in [0.15, 0.2) is 5.96 Å². The molecule has 1 aromatic rings. The van der Waals surface area contributed by atoms with Crippen LogP contribution in [0, 0.1) is 0 Å². The van der Waals surface area contributed by atoms with Crippen LogP contribution in [0.1, 0.15) is 19.4 Å². The first kappa shape index (κ1) is 12.3. The highest BCUT2D eigenvalue weighted by Crippen LogP contribution is 2.11. The summed E-state index contributed by atoms with van der Waals surface area (Å²) in [4.78, 5) is 10.5. The first-order valence-corrected chi connectivity index (χ1v) is 5.42. The first-order chi connectivity index (χ1) is 7.67. The molecule has 0 aliphatic carbocycles. The average Bonchev–Trinajstić information content (AvgIpc) is 2.29. The van der Waals surface area contributed by atoms with Gasteiger partial charge < -0.3 is 16.4 Å². The average molecular weight is 221 g/mol. The molecular weight excluding hydrogens is 202 g/mol. The zero-order chi connectivity index (χ0) is 12.0. The summed E-state index contributed by atoms with van der Waals surface area (Å²) in [7, 11) is 0. The van der Waals surface area contributed by atoms with Crippen molar-refractivity contribution in [3.05, 3.63) is 23.9 Å². The van der Waals surface area contributed by atoms with Gasteiger partial charge in [-0.05, 0) is 25.5 Å². The van der Waals surface area contributed by atoms with Crippen molar-refractivity contribution >= 4 is 11.8 Å². The molecule has 0 unspecified atom stereocenters. The van der Waals surface area contributed by atoms with E-state index in [4.69, 9.17) is 11.5 Å². The lowest BCUT2D eigenvalue weighted by Crippen LogP contribution is -2.23. The Morgan fingerprint density at radius 3 is 2.44 bits per heavy atom. The number of nitrogens with zero attached hydrogens (tertiary/aromatic N) is 3. The van der Waals surface area contributed by atoms with Crippen LogP contribution in [-0.4, -0.2) is 24.0 Å². The van der Waals surface area contributed by atoms with Crippen LogP contribution in [0.2, 0.25) is 0 Å². The van der Waals surface area contributed by atoms with Crippen molar-refractivity contribution in [1.82, 2.24) is 4.98 Å². The lowest BCUT2D eigenvalue weighted by atomic mass is 10.3. The molecule has 0 spiro atoms. The van der Waals surface area contributed by atoms with E-state index >= 15 is 0 Å². The fraction of sp³-hybridized carbons (Fsp3) is 0.455. The van der Waals surface area contributed by atoms with Crippen molar-refractivity contribution in [3.8, 4) is 0 Å². The Morgan fingerprint density at radius 2 is 2.00 bits per heavy atom. The van der Waals surface area contributed by atoms with Gasteiger partial charge in [0.25, 0.3) is 0 Å². The van der Waals surface area contributed by atoms with Gasteiger partial charge in [-0.2, -0.15) is 0 Å². The van der Waals surface area contributed by atoms with Crippen molar-refractivity contribution in [1.29, 1.82) is 0 Å². The summed E-state index contributed by atoms with van der Waals surface area (Å²) in [5, 5.41) is 0. The number of guanidine groups is 1. The SMILES string of the molecule is CCN(CC)c1ccc(CN=C(N)N)cn1. The van der Waals surface area contributed by atoms with Crippen molar-refractivity contribution in [2.24, 2.45) is 16.5 Å². The Labute approximate surface area is 96.2 Å². The van der Waals surface area contributed by atoms with Gasteiger partial charge in [0.2, 0.25) is 0 Å². The second-order valence-corrected chi connectivity index (χ2v) is 3.44. The normalized spacial score (nSPS) is 9.88. The highest BCUT2D eigenvalue weighted by atomic mass is 15.2. The number of nitrogens with two attached hydrogens (primary N) is 2. The van der Waals surface area contributed by atoms with Crippen molar-refractivity contribution in [2.45, 2.75) is 20.4 Å². The van der Waals surface area contributed by atoms with Crippen molar-refractivity contribution in [2.75, 3.05) is 18.0 Å². The molecule has 0 saturated carbocycles. The third kappa shape index (κ3) is 3.42. The van der Waals surface area contributed by atoms with Gasteiger partial charge in [-0.15, -0.1) is 0 Å². The predicted octanol–water partition coefficient (Wildman–Crippen LogP) is 0.701. The third-order valence-corrected chi connectivity index (χ3v) is 2.34. The Balaban J connectivity index is 2.71.